The lowest BCUT2D eigenvalue weighted by Gasteiger charge is -2.32. The summed E-state index contributed by atoms with van der Waals surface area (Å²) in [6.07, 6.45) is 1.64. The lowest BCUT2D eigenvalue weighted by Crippen LogP contribution is -2.31. The van der Waals surface area contributed by atoms with E-state index in [4.69, 9.17) is 31.5 Å². The van der Waals surface area contributed by atoms with E-state index in [0.717, 1.165) is 5.56 Å². The second kappa shape index (κ2) is 8.86. The number of ketones is 1. The van der Waals surface area contributed by atoms with Crippen LogP contribution in [0, 0.1) is 0 Å². The molecule has 0 fully saturated rings. The number of hydrogen-bond acceptors (Lipinski definition) is 6. The largest absolute Gasteiger partial charge is 0.489 e. The normalized spacial score (nSPS) is 18.4. The van der Waals surface area contributed by atoms with Gasteiger partial charge in [-0.3, -0.25) is 4.79 Å². The molecule has 7 heteroatoms. The van der Waals surface area contributed by atoms with Crippen molar-refractivity contribution < 1.29 is 23.8 Å². The summed E-state index contributed by atoms with van der Waals surface area (Å²) < 4.78 is 16.7. The van der Waals surface area contributed by atoms with Gasteiger partial charge in [0, 0.05) is 34.6 Å². The van der Waals surface area contributed by atoms with Gasteiger partial charge >= 0.3 is 5.97 Å². The van der Waals surface area contributed by atoms with Crippen LogP contribution in [0.2, 0.25) is 5.02 Å². The maximum atomic E-state index is 12.9. The minimum atomic E-state index is -0.730. The Morgan fingerprint density at radius 3 is 2.68 bits per heavy atom. The molecule has 0 saturated heterocycles. The van der Waals surface area contributed by atoms with Crippen LogP contribution in [0.5, 0.6) is 5.75 Å². The molecule has 1 heterocycles. The molecule has 1 aliphatic heterocycles. The van der Waals surface area contributed by atoms with Gasteiger partial charge in [0.1, 0.15) is 23.7 Å². The zero-order valence-corrected chi connectivity index (χ0v) is 17.8. The van der Waals surface area contributed by atoms with Gasteiger partial charge in [-0.2, -0.15) is 0 Å². The molecule has 6 nitrogen and oxygen atoms in total. The summed E-state index contributed by atoms with van der Waals surface area (Å²) in [5, 5.41) is 0.595. The number of carbonyl (C=O) groups is 2. The minimum Gasteiger partial charge on any atom is -0.489 e. The maximum absolute atomic E-state index is 12.9. The second-order valence-corrected chi connectivity index (χ2v) is 7.74. The average molecular weight is 440 g/mol. The van der Waals surface area contributed by atoms with Crippen LogP contribution < -0.4 is 10.5 Å². The Morgan fingerprint density at radius 2 is 1.90 bits per heavy atom. The zero-order valence-electron chi connectivity index (χ0n) is 17.0. The zero-order chi connectivity index (χ0) is 22.0. The van der Waals surface area contributed by atoms with Gasteiger partial charge in [0.15, 0.2) is 5.78 Å². The van der Waals surface area contributed by atoms with E-state index in [2.05, 4.69) is 0 Å². The van der Waals surface area contributed by atoms with Crippen LogP contribution in [0.4, 0.5) is 0 Å². The second-order valence-electron chi connectivity index (χ2n) is 7.34. The Morgan fingerprint density at radius 1 is 1.16 bits per heavy atom. The van der Waals surface area contributed by atoms with E-state index < -0.39 is 11.9 Å². The van der Waals surface area contributed by atoms with Gasteiger partial charge in [-0.15, -0.1) is 0 Å². The van der Waals surface area contributed by atoms with E-state index in [1.165, 1.54) is 7.11 Å². The third-order valence-corrected chi connectivity index (χ3v) is 5.83. The highest BCUT2D eigenvalue weighted by atomic mass is 35.5. The van der Waals surface area contributed by atoms with Crippen molar-refractivity contribution >= 4 is 23.4 Å². The van der Waals surface area contributed by atoms with Crippen molar-refractivity contribution in [3.63, 3.8) is 0 Å². The van der Waals surface area contributed by atoms with Gasteiger partial charge in [0.2, 0.25) is 5.88 Å². The molecule has 2 N–H and O–H groups in total. The van der Waals surface area contributed by atoms with Crippen LogP contribution in [0.25, 0.3) is 0 Å². The number of hydrogen-bond donors (Lipinski definition) is 1. The van der Waals surface area contributed by atoms with Gasteiger partial charge in [-0.1, -0.05) is 48.0 Å². The predicted octanol–water partition coefficient (Wildman–Crippen LogP) is 4.38. The summed E-state index contributed by atoms with van der Waals surface area (Å²) in [6, 6.07) is 14.7. The molecule has 2 aromatic carbocycles. The first-order valence-electron chi connectivity index (χ1n) is 9.98. The fourth-order valence-corrected chi connectivity index (χ4v) is 4.19. The Labute approximate surface area is 185 Å². The highest BCUT2D eigenvalue weighted by Crippen LogP contribution is 2.46. The van der Waals surface area contributed by atoms with Crippen LogP contribution in [0.3, 0.4) is 0 Å². The third kappa shape index (κ3) is 4.03. The molecule has 2 aliphatic rings. The number of ether oxygens (including phenoxy) is 3. The van der Waals surface area contributed by atoms with Gasteiger partial charge in [-0.25, -0.2) is 4.79 Å². The Balaban J connectivity index is 1.79. The van der Waals surface area contributed by atoms with Crippen molar-refractivity contribution in [2.45, 2.75) is 31.8 Å². The van der Waals surface area contributed by atoms with Gasteiger partial charge in [-0.05, 0) is 18.6 Å². The van der Waals surface area contributed by atoms with Crippen LogP contribution in [0.1, 0.15) is 36.3 Å². The molecule has 0 spiro atoms. The molecule has 0 aromatic heterocycles. The molecule has 0 bridgehead atoms. The molecule has 0 amide bonds. The van der Waals surface area contributed by atoms with Crippen LogP contribution in [0.15, 0.2) is 71.3 Å². The lowest BCUT2D eigenvalue weighted by atomic mass is 9.77. The van der Waals surface area contributed by atoms with Crippen molar-refractivity contribution in [2.24, 2.45) is 5.73 Å². The lowest BCUT2D eigenvalue weighted by molar-refractivity contribution is -0.136. The van der Waals surface area contributed by atoms with E-state index in [-0.39, 0.29) is 23.8 Å². The van der Waals surface area contributed by atoms with Gasteiger partial charge in [0.05, 0.1) is 13.0 Å². The SMILES string of the molecule is COC(=O)C1=C(N)OC2=C(C(=O)CCC2)[C@@H]1c1ccccc1OCc1ccccc1Cl. The maximum Gasteiger partial charge on any atom is 0.340 e. The van der Waals surface area contributed by atoms with Crippen molar-refractivity contribution in [2.75, 3.05) is 7.11 Å². The Hall–Kier alpha value is -3.25. The highest BCUT2D eigenvalue weighted by Gasteiger charge is 2.42. The number of para-hydroxylation sites is 1. The summed E-state index contributed by atoms with van der Waals surface area (Å²) in [7, 11) is 1.27. The fraction of sp³-hybridized carbons (Fsp3) is 0.250. The predicted molar refractivity (Wildman–Crippen MR) is 115 cm³/mol. The number of benzene rings is 2. The molecular formula is C24H22ClNO5. The quantitative estimate of drug-likeness (QED) is 0.695. The molecule has 1 atom stereocenters. The van der Waals surface area contributed by atoms with Crippen LogP contribution in [-0.4, -0.2) is 18.9 Å². The van der Waals surface area contributed by atoms with Crippen molar-refractivity contribution in [3.05, 3.63) is 87.5 Å². The minimum absolute atomic E-state index is 0.0498. The van der Waals surface area contributed by atoms with Crippen molar-refractivity contribution in [1.82, 2.24) is 0 Å². The molecule has 160 valence electrons. The smallest absolute Gasteiger partial charge is 0.340 e. The Kier molecular flexibility index (Phi) is 6.00. The van der Waals surface area contributed by atoms with E-state index >= 15 is 0 Å². The fourth-order valence-electron chi connectivity index (χ4n) is 4.00. The first-order valence-corrected chi connectivity index (χ1v) is 10.4. The topological polar surface area (TPSA) is 87.9 Å². The first-order chi connectivity index (χ1) is 15.0. The molecule has 2 aromatic rings. The summed E-state index contributed by atoms with van der Waals surface area (Å²) in [4.78, 5) is 25.5. The molecule has 1 aliphatic carbocycles. The number of allylic oxidation sites excluding steroid dienone is 2. The monoisotopic (exact) mass is 439 g/mol. The summed E-state index contributed by atoms with van der Waals surface area (Å²) in [5.41, 5.74) is 8.13. The molecule has 0 unspecified atom stereocenters. The van der Waals surface area contributed by atoms with E-state index in [0.29, 0.717) is 46.9 Å². The number of halogens is 1. The Bertz CT molecular complexity index is 1100. The average Bonchev–Trinajstić information content (AvgIpc) is 2.77. The standard InChI is InChI=1S/C24H22ClNO5/c1-29-24(28)22-20(21-17(27)10-6-12-19(21)31-23(22)26)15-8-3-5-11-18(15)30-13-14-7-2-4-9-16(14)25/h2-5,7-9,11,20H,6,10,12-13,26H2,1H3/t20-/m0/s1. The number of carbonyl (C=O) groups excluding carboxylic acids is 2. The van der Waals surface area contributed by atoms with E-state index in [9.17, 15) is 9.59 Å². The molecule has 4 rings (SSSR count). The molecule has 0 radical (unpaired) electrons. The van der Waals surface area contributed by atoms with E-state index in [1.807, 2.05) is 36.4 Å². The third-order valence-electron chi connectivity index (χ3n) is 5.46. The van der Waals surface area contributed by atoms with Crippen molar-refractivity contribution in [3.8, 4) is 5.75 Å². The number of esters is 1. The van der Waals surface area contributed by atoms with Crippen LogP contribution in [-0.2, 0) is 25.7 Å². The molecular weight excluding hydrogens is 418 g/mol. The van der Waals surface area contributed by atoms with Gasteiger partial charge in [0.25, 0.3) is 0 Å². The number of methoxy groups -OCH3 is 1. The summed E-state index contributed by atoms with van der Waals surface area (Å²) in [6.45, 7) is 0.229. The van der Waals surface area contributed by atoms with E-state index in [1.54, 1.807) is 12.1 Å². The summed E-state index contributed by atoms with van der Waals surface area (Å²) in [5.74, 6) is -0.465. The number of rotatable bonds is 5. The summed E-state index contributed by atoms with van der Waals surface area (Å²) >= 11 is 6.26. The first kappa shape index (κ1) is 21.0. The highest BCUT2D eigenvalue weighted by molar-refractivity contribution is 6.31. The van der Waals surface area contributed by atoms with Gasteiger partial charge < -0.3 is 19.9 Å². The number of Topliss-reactive ketones (excluding diaryl/α,β-unsaturated/α-hetero) is 1. The van der Waals surface area contributed by atoms with Crippen LogP contribution >= 0.6 is 11.6 Å². The molecule has 31 heavy (non-hydrogen) atoms. The molecule has 0 saturated carbocycles. The van der Waals surface area contributed by atoms with Crippen molar-refractivity contribution in [1.29, 1.82) is 0 Å². The number of nitrogens with two attached hydrogens (primary N) is 1.